The average molecular weight is 332 g/mol. The molecule has 0 atom stereocenters. The van der Waals surface area contributed by atoms with Crippen molar-refractivity contribution in [3.63, 3.8) is 0 Å². The van der Waals surface area contributed by atoms with Crippen LogP contribution in [-0.4, -0.2) is 13.9 Å². The Morgan fingerprint density at radius 2 is 1.27 bits per heavy atom. The largest absolute Gasteiger partial charge is 0.524 e. The van der Waals surface area contributed by atoms with Crippen LogP contribution < -0.4 is 10.6 Å². The van der Waals surface area contributed by atoms with Crippen LogP contribution in [0.3, 0.4) is 0 Å². The van der Waals surface area contributed by atoms with Crippen molar-refractivity contribution < 1.29 is 25.9 Å². The van der Waals surface area contributed by atoms with Gasteiger partial charge in [0.1, 0.15) is 0 Å². The number of rotatable bonds is 5. The molecule has 0 aliphatic rings. The number of nitrogens with zero attached hydrogens (tertiary/aromatic N) is 1. The third-order valence-electron chi connectivity index (χ3n) is 2.55. The Morgan fingerprint density at radius 1 is 0.864 bits per heavy atom. The zero-order valence-corrected chi connectivity index (χ0v) is 11.8. The Bertz CT molecular complexity index is 667. The minimum Gasteiger partial charge on any atom is -0.253 e. The summed E-state index contributed by atoms with van der Waals surface area (Å²) in [7, 11) is -5.76. The molecule has 1 N–H and O–H groups in total. The van der Waals surface area contributed by atoms with Crippen molar-refractivity contribution in [3.05, 3.63) is 60.7 Å². The van der Waals surface area contributed by atoms with Crippen LogP contribution in [0.2, 0.25) is 0 Å². The van der Waals surface area contributed by atoms with Crippen LogP contribution in [0, 0.1) is 0 Å². The minimum atomic E-state index is -5.76. The van der Waals surface area contributed by atoms with Crippen LogP contribution in [0.15, 0.2) is 60.7 Å². The average Bonchev–Trinajstić information content (AvgIpc) is 2.48. The molecule has 0 radical (unpaired) electrons. The van der Waals surface area contributed by atoms with Crippen molar-refractivity contribution in [1.29, 1.82) is 0 Å². The molecule has 0 unspecified atom stereocenters. The molecular weight excluding hydrogens is 321 g/mol. The Kier molecular flexibility index (Phi) is 4.69. The van der Waals surface area contributed by atoms with Crippen LogP contribution in [0.4, 0.5) is 24.5 Å². The molecule has 0 aliphatic heterocycles. The summed E-state index contributed by atoms with van der Waals surface area (Å²) < 4.78 is 62.8. The van der Waals surface area contributed by atoms with Gasteiger partial charge in [-0.15, -0.1) is 0 Å². The Balaban J connectivity index is 2.28. The topological polar surface area (TPSA) is 58.6 Å². The monoisotopic (exact) mass is 332 g/mol. The molecule has 2 rings (SSSR count). The molecular formula is C13H11F3N2O3S. The summed E-state index contributed by atoms with van der Waals surface area (Å²) in [5, 5.41) is 1.07. The number of benzene rings is 2. The van der Waals surface area contributed by atoms with Crippen LogP contribution in [0.1, 0.15) is 0 Å². The summed E-state index contributed by atoms with van der Waals surface area (Å²) in [5.41, 5.74) is -2.90. The van der Waals surface area contributed by atoms with Crippen molar-refractivity contribution in [2.75, 3.05) is 5.01 Å². The smallest absolute Gasteiger partial charge is 0.253 e. The first-order valence-corrected chi connectivity index (χ1v) is 7.38. The second-order valence-corrected chi connectivity index (χ2v) is 5.62. The van der Waals surface area contributed by atoms with Crippen molar-refractivity contribution >= 4 is 21.5 Å². The van der Waals surface area contributed by atoms with Gasteiger partial charge in [0.05, 0.1) is 11.4 Å². The first-order chi connectivity index (χ1) is 10.3. The van der Waals surface area contributed by atoms with Gasteiger partial charge in [-0.05, 0) is 24.3 Å². The Morgan fingerprint density at radius 3 is 1.64 bits per heavy atom. The second kappa shape index (κ2) is 6.34. The van der Waals surface area contributed by atoms with E-state index in [4.69, 9.17) is 0 Å². The highest BCUT2D eigenvalue weighted by molar-refractivity contribution is 7.87. The fraction of sp³-hybridized carbons (Fsp3) is 0.0769. The SMILES string of the molecule is O=S(=O)(ONN(c1ccccc1)c1ccccc1)C(F)(F)F. The van der Waals surface area contributed by atoms with Crippen molar-refractivity contribution in [2.45, 2.75) is 5.51 Å². The summed E-state index contributed by atoms with van der Waals surface area (Å²) in [6.45, 7) is 0. The molecule has 0 saturated heterocycles. The van der Waals surface area contributed by atoms with Gasteiger partial charge in [0.2, 0.25) is 0 Å². The highest BCUT2D eigenvalue weighted by Gasteiger charge is 2.48. The van der Waals surface area contributed by atoms with Gasteiger partial charge in [-0.3, -0.25) is 5.01 Å². The lowest BCUT2D eigenvalue weighted by atomic mass is 10.2. The zero-order chi connectivity index (χ0) is 16.2. The maximum atomic E-state index is 12.3. The summed E-state index contributed by atoms with van der Waals surface area (Å²) in [5.74, 6) is 0. The molecule has 0 amide bonds. The molecule has 0 saturated carbocycles. The van der Waals surface area contributed by atoms with Crippen molar-refractivity contribution in [1.82, 2.24) is 5.59 Å². The molecule has 118 valence electrons. The van der Waals surface area contributed by atoms with Gasteiger partial charge in [0.15, 0.2) is 0 Å². The zero-order valence-electron chi connectivity index (χ0n) is 11.0. The summed E-state index contributed by atoms with van der Waals surface area (Å²) >= 11 is 0. The highest BCUT2D eigenvalue weighted by atomic mass is 32.2. The molecule has 5 nitrogen and oxygen atoms in total. The minimum absolute atomic E-state index is 0.395. The number of anilines is 2. The van der Waals surface area contributed by atoms with E-state index in [1.54, 1.807) is 60.7 Å². The molecule has 0 spiro atoms. The first kappa shape index (κ1) is 16.3. The number of para-hydroxylation sites is 2. The maximum Gasteiger partial charge on any atom is 0.524 e. The van der Waals surface area contributed by atoms with Crippen LogP contribution in [0.25, 0.3) is 0 Å². The molecule has 0 bridgehead atoms. The standard InChI is InChI=1S/C13H11F3N2O3S/c14-13(15,16)22(19,20)21-17-18(11-7-3-1-4-8-11)12-9-5-2-6-10-12/h1-10,17H. The number of alkyl halides is 3. The third kappa shape index (κ3) is 3.75. The van der Waals surface area contributed by atoms with E-state index in [1.807, 2.05) is 5.59 Å². The molecule has 22 heavy (non-hydrogen) atoms. The highest BCUT2D eigenvalue weighted by Crippen LogP contribution is 2.26. The molecule has 2 aromatic carbocycles. The lowest BCUT2D eigenvalue weighted by Gasteiger charge is -2.24. The van der Waals surface area contributed by atoms with Gasteiger partial charge >= 0.3 is 15.6 Å². The number of hydrogen-bond donors (Lipinski definition) is 1. The van der Waals surface area contributed by atoms with Gasteiger partial charge in [0, 0.05) is 0 Å². The Labute approximate surface area is 125 Å². The van der Waals surface area contributed by atoms with E-state index in [1.165, 1.54) is 0 Å². The molecule has 0 heterocycles. The number of nitrogens with one attached hydrogen (secondary N) is 1. The first-order valence-electron chi connectivity index (χ1n) is 5.97. The number of halogens is 3. The van der Waals surface area contributed by atoms with E-state index < -0.39 is 15.6 Å². The Hall–Kier alpha value is -2.10. The third-order valence-corrected chi connectivity index (χ3v) is 3.41. The van der Waals surface area contributed by atoms with Crippen LogP contribution in [-0.2, 0) is 14.4 Å². The number of hydrogen-bond acceptors (Lipinski definition) is 5. The van der Waals surface area contributed by atoms with Crippen molar-refractivity contribution in [3.8, 4) is 0 Å². The van der Waals surface area contributed by atoms with E-state index in [0.29, 0.717) is 11.4 Å². The summed E-state index contributed by atoms with van der Waals surface area (Å²) in [6, 6.07) is 16.3. The van der Waals surface area contributed by atoms with E-state index in [2.05, 4.69) is 4.28 Å². The van der Waals surface area contributed by atoms with E-state index in [0.717, 1.165) is 5.01 Å². The lowest BCUT2D eigenvalue weighted by Crippen LogP contribution is -2.39. The van der Waals surface area contributed by atoms with Crippen LogP contribution >= 0.6 is 0 Å². The normalized spacial score (nSPS) is 12.1. The second-order valence-electron chi connectivity index (χ2n) is 4.08. The van der Waals surface area contributed by atoms with Gasteiger partial charge < -0.3 is 0 Å². The summed E-state index contributed by atoms with van der Waals surface area (Å²) in [4.78, 5) is 0. The van der Waals surface area contributed by atoms with Crippen molar-refractivity contribution in [2.24, 2.45) is 0 Å². The molecule has 0 aliphatic carbocycles. The molecule has 0 aromatic heterocycles. The van der Waals surface area contributed by atoms with Gasteiger partial charge in [0.25, 0.3) is 0 Å². The summed E-state index contributed by atoms with van der Waals surface area (Å²) in [6.07, 6.45) is 0. The van der Waals surface area contributed by atoms with Crippen LogP contribution in [0.5, 0.6) is 0 Å². The molecule has 0 fully saturated rings. The van der Waals surface area contributed by atoms with E-state index in [9.17, 15) is 21.6 Å². The fourth-order valence-electron chi connectivity index (χ4n) is 1.54. The van der Waals surface area contributed by atoms with E-state index >= 15 is 0 Å². The van der Waals surface area contributed by atoms with Gasteiger partial charge in [-0.1, -0.05) is 42.0 Å². The molecule has 2 aromatic rings. The maximum absolute atomic E-state index is 12.3. The van der Waals surface area contributed by atoms with Gasteiger partial charge in [-0.25, -0.2) is 0 Å². The van der Waals surface area contributed by atoms with Gasteiger partial charge in [-0.2, -0.15) is 25.9 Å². The lowest BCUT2D eigenvalue weighted by molar-refractivity contribution is -0.0582. The predicted molar refractivity (Wildman–Crippen MR) is 74.2 cm³/mol. The van der Waals surface area contributed by atoms with E-state index in [-0.39, 0.29) is 0 Å². The fourth-order valence-corrected chi connectivity index (χ4v) is 1.81. The number of hydrazine groups is 1. The predicted octanol–water partition coefficient (Wildman–Crippen LogP) is 3.11. The quantitative estimate of drug-likeness (QED) is 0.673. The molecule has 9 heteroatoms.